The topological polar surface area (TPSA) is 61.8 Å². The van der Waals surface area contributed by atoms with Gasteiger partial charge in [-0.2, -0.15) is 0 Å². The lowest BCUT2D eigenvalue weighted by Crippen LogP contribution is -2.07. The summed E-state index contributed by atoms with van der Waals surface area (Å²) in [6.45, 7) is 8.86. The number of aryl methyl sites for hydroxylation is 1. The summed E-state index contributed by atoms with van der Waals surface area (Å²) in [6, 6.07) is 8.15. The Bertz CT molecular complexity index is 621. The van der Waals surface area contributed by atoms with Gasteiger partial charge >= 0.3 is 11.9 Å². The average Bonchev–Trinajstić information content (AvgIpc) is 2.72. The Morgan fingerprint density at radius 3 is 1.93 bits per heavy atom. The lowest BCUT2D eigenvalue weighted by Gasteiger charge is -2.07. The molecule has 0 amide bonds. The fraction of sp³-hybridized carbons (Fsp3) is 0.600. The van der Waals surface area contributed by atoms with Crippen molar-refractivity contribution in [1.29, 1.82) is 0 Å². The summed E-state index contributed by atoms with van der Waals surface area (Å²) in [5.74, 6) is 0.445. The van der Waals surface area contributed by atoms with E-state index in [-0.39, 0.29) is 11.9 Å². The quantitative estimate of drug-likeness (QED) is 0.178. The van der Waals surface area contributed by atoms with Crippen LogP contribution in [0.4, 0.5) is 0 Å². The minimum absolute atomic E-state index is 0.137. The van der Waals surface area contributed by atoms with Gasteiger partial charge in [-0.3, -0.25) is 4.79 Å². The van der Waals surface area contributed by atoms with Crippen molar-refractivity contribution in [1.82, 2.24) is 0 Å². The van der Waals surface area contributed by atoms with Crippen LogP contribution in [0.25, 0.3) is 0 Å². The van der Waals surface area contributed by atoms with Gasteiger partial charge in [0.15, 0.2) is 0 Å². The van der Waals surface area contributed by atoms with E-state index in [2.05, 4.69) is 25.6 Å². The van der Waals surface area contributed by atoms with Gasteiger partial charge < -0.3 is 14.2 Å². The van der Waals surface area contributed by atoms with E-state index in [1.807, 2.05) is 12.1 Å². The second-order valence-corrected chi connectivity index (χ2v) is 7.73. The van der Waals surface area contributed by atoms with Crippen molar-refractivity contribution in [2.24, 2.45) is 0 Å². The number of hydrogen-bond acceptors (Lipinski definition) is 5. The number of rotatable bonds is 17. The standard InChI is InChI=1S/C25H38O5/c1-21(2)25(27)30-20-12-8-9-13-24(26)29-19-11-7-5-4-6-10-18-28-23-16-14-22(3)15-17-23/h14-17H,1,4-13,18-20H2,2-3H3. The molecule has 1 rings (SSSR count). The average molecular weight is 419 g/mol. The predicted molar refractivity (Wildman–Crippen MR) is 120 cm³/mol. The van der Waals surface area contributed by atoms with Crippen molar-refractivity contribution in [2.75, 3.05) is 19.8 Å². The maximum Gasteiger partial charge on any atom is 0.333 e. The molecule has 0 bridgehead atoms. The monoisotopic (exact) mass is 418 g/mol. The van der Waals surface area contributed by atoms with Gasteiger partial charge in [-0.05, 0) is 58.1 Å². The Morgan fingerprint density at radius 1 is 0.767 bits per heavy atom. The van der Waals surface area contributed by atoms with E-state index >= 15 is 0 Å². The molecule has 1 aromatic carbocycles. The molecule has 30 heavy (non-hydrogen) atoms. The summed E-state index contributed by atoms with van der Waals surface area (Å²) in [5, 5.41) is 0. The molecule has 5 nitrogen and oxygen atoms in total. The molecule has 0 atom stereocenters. The van der Waals surface area contributed by atoms with E-state index in [1.54, 1.807) is 6.92 Å². The molecule has 0 saturated carbocycles. The van der Waals surface area contributed by atoms with Gasteiger partial charge in [0, 0.05) is 12.0 Å². The summed E-state index contributed by atoms with van der Waals surface area (Å²) in [5.41, 5.74) is 1.65. The third kappa shape index (κ3) is 13.8. The molecule has 168 valence electrons. The molecule has 0 spiro atoms. The molecule has 1 aromatic rings. The normalized spacial score (nSPS) is 10.5. The number of unbranched alkanes of at least 4 members (excludes halogenated alkanes) is 7. The van der Waals surface area contributed by atoms with Crippen molar-refractivity contribution in [3.63, 3.8) is 0 Å². The first kappa shape index (κ1) is 25.7. The van der Waals surface area contributed by atoms with Crippen LogP contribution in [-0.2, 0) is 19.1 Å². The highest BCUT2D eigenvalue weighted by Gasteiger charge is 2.04. The van der Waals surface area contributed by atoms with Crippen LogP contribution in [0.15, 0.2) is 36.4 Å². The van der Waals surface area contributed by atoms with Crippen LogP contribution in [0.5, 0.6) is 5.75 Å². The van der Waals surface area contributed by atoms with Gasteiger partial charge in [0.2, 0.25) is 0 Å². The van der Waals surface area contributed by atoms with Crippen LogP contribution < -0.4 is 4.74 Å². The highest BCUT2D eigenvalue weighted by atomic mass is 16.5. The Labute approximate surface area is 181 Å². The molecule has 0 aliphatic heterocycles. The third-order valence-electron chi connectivity index (χ3n) is 4.70. The maximum absolute atomic E-state index is 11.7. The van der Waals surface area contributed by atoms with Crippen LogP contribution in [-0.4, -0.2) is 31.8 Å². The van der Waals surface area contributed by atoms with Gasteiger partial charge in [0.05, 0.1) is 19.8 Å². The van der Waals surface area contributed by atoms with E-state index < -0.39 is 0 Å². The first-order valence-corrected chi connectivity index (χ1v) is 11.2. The zero-order valence-corrected chi connectivity index (χ0v) is 18.8. The fourth-order valence-corrected chi connectivity index (χ4v) is 2.83. The molecule has 0 aliphatic carbocycles. The Kier molecular flexibility index (Phi) is 14.1. The number of ether oxygens (including phenoxy) is 3. The second-order valence-electron chi connectivity index (χ2n) is 7.73. The first-order chi connectivity index (χ1) is 14.5. The lowest BCUT2D eigenvalue weighted by atomic mass is 10.1. The molecule has 0 N–H and O–H groups in total. The fourth-order valence-electron chi connectivity index (χ4n) is 2.83. The first-order valence-electron chi connectivity index (χ1n) is 11.2. The largest absolute Gasteiger partial charge is 0.494 e. The summed E-state index contributed by atoms with van der Waals surface area (Å²) in [7, 11) is 0. The van der Waals surface area contributed by atoms with Crippen LogP contribution in [0, 0.1) is 6.92 Å². The Hall–Kier alpha value is -2.30. The predicted octanol–water partition coefficient (Wildman–Crippen LogP) is 5.94. The summed E-state index contributed by atoms with van der Waals surface area (Å²) >= 11 is 0. The molecular formula is C25H38O5. The molecule has 0 saturated heterocycles. The molecular weight excluding hydrogens is 380 g/mol. The Balaban J connectivity index is 1.82. The van der Waals surface area contributed by atoms with Gasteiger partial charge in [-0.25, -0.2) is 4.79 Å². The van der Waals surface area contributed by atoms with Crippen LogP contribution >= 0.6 is 0 Å². The van der Waals surface area contributed by atoms with E-state index in [0.717, 1.165) is 63.7 Å². The van der Waals surface area contributed by atoms with Crippen LogP contribution in [0.3, 0.4) is 0 Å². The molecule has 0 aliphatic rings. The lowest BCUT2D eigenvalue weighted by molar-refractivity contribution is -0.144. The van der Waals surface area contributed by atoms with Gasteiger partial charge in [0.25, 0.3) is 0 Å². The van der Waals surface area contributed by atoms with Crippen molar-refractivity contribution in [3.05, 3.63) is 42.0 Å². The van der Waals surface area contributed by atoms with Crippen molar-refractivity contribution in [2.45, 2.75) is 78.1 Å². The minimum atomic E-state index is -0.356. The second kappa shape index (κ2) is 16.5. The van der Waals surface area contributed by atoms with Crippen molar-refractivity contribution in [3.8, 4) is 5.75 Å². The Morgan fingerprint density at radius 2 is 1.30 bits per heavy atom. The summed E-state index contributed by atoms with van der Waals surface area (Å²) in [4.78, 5) is 22.9. The molecule has 0 fully saturated rings. The number of esters is 2. The van der Waals surface area contributed by atoms with Crippen molar-refractivity contribution >= 4 is 11.9 Å². The van der Waals surface area contributed by atoms with Gasteiger partial charge in [-0.15, -0.1) is 0 Å². The molecule has 0 unspecified atom stereocenters. The summed E-state index contributed by atoms with van der Waals surface area (Å²) < 4.78 is 16.0. The van der Waals surface area contributed by atoms with Gasteiger partial charge in [-0.1, -0.05) is 50.0 Å². The number of carbonyl (C=O) groups excluding carboxylic acids is 2. The zero-order valence-electron chi connectivity index (χ0n) is 18.8. The molecule has 0 radical (unpaired) electrons. The number of carbonyl (C=O) groups is 2. The highest BCUT2D eigenvalue weighted by Crippen LogP contribution is 2.13. The van der Waals surface area contributed by atoms with Crippen molar-refractivity contribution < 1.29 is 23.8 Å². The SMILES string of the molecule is C=C(C)C(=O)OCCCCCC(=O)OCCCCCCCCOc1ccc(C)cc1. The minimum Gasteiger partial charge on any atom is -0.494 e. The smallest absolute Gasteiger partial charge is 0.333 e. The highest BCUT2D eigenvalue weighted by molar-refractivity contribution is 5.86. The number of benzene rings is 1. The molecule has 0 heterocycles. The summed E-state index contributed by atoms with van der Waals surface area (Å²) in [6.07, 6.45) is 9.34. The van der Waals surface area contributed by atoms with Gasteiger partial charge in [0.1, 0.15) is 5.75 Å². The third-order valence-corrected chi connectivity index (χ3v) is 4.70. The van der Waals surface area contributed by atoms with E-state index in [9.17, 15) is 9.59 Å². The molecule has 5 heteroatoms. The maximum atomic E-state index is 11.7. The van der Waals surface area contributed by atoms with E-state index in [0.29, 0.717) is 25.2 Å². The number of hydrogen-bond donors (Lipinski definition) is 0. The van der Waals surface area contributed by atoms with Crippen LogP contribution in [0.2, 0.25) is 0 Å². The van der Waals surface area contributed by atoms with Crippen LogP contribution in [0.1, 0.15) is 76.7 Å². The van der Waals surface area contributed by atoms with E-state index in [4.69, 9.17) is 14.2 Å². The molecule has 0 aromatic heterocycles. The zero-order chi connectivity index (χ0) is 22.0. The van der Waals surface area contributed by atoms with E-state index in [1.165, 1.54) is 12.0 Å².